The van der Waals surface area contributed by atoms with E-state index in [2.05, 4.69) is 11.9 Å². The Hall–Kier alpha value is -2.88. The van der Waals surface area contributed by atoms with E-state index in [9.17, 15) is 14.7 Å². The third kappa shape index (κ3) is 3.54. The summed E-state index contributed by atoms with van der Waals surface area (Å²) < 4.78 is 0. The molecule has 2 aromatic rings. The smallest absolute Gasteiger partial charge is 0.326 e. The predicted octanol–water partition coefficient (Wildman–Crippen LogP) is 3.14. The minimum atomic E-state index is -1.08. The second-order valence-electron chi connectivity index (χ2n) is 5.75. The highest BCUT2D eigenvalue weighted by Crippen LogP contribution is 2.32. The van der Waals surface area contributed by atoms with Gasteiger partial charge in [0.2, 0.25) is 5.91 Å². The van der Waals surface area contributed by atoms with Gasteiger partial charge in [0.1, 0.15) is 6.04 Å². The molecule has 0 aromatic heterocycles. The molecule has 2 N–H and O–H groups in total. The Morgan fingerprint density at radius 1 is 1.08 bits per heavy atom. The van der Waals surface area contributed by atoms with Gasteiger partial charge in [0.25, 0.3) is 0 Å². The Balaban J connectivity index is 2.45. The Morgan fingerprint density at radius 2 is 1.54 bits per heavy atom. The standard InChI is InChI=1S/C20H21NO3/c1-3-10-17(18(22)23)21-19(24)20(2,15-11-6-4-7-12-15)16-13-8-5-9-14-16/h3-9,11-14,17H,1,10H2,2H3,(H,21,24)(H,22,23)/t17-/m0/s1. The minimum Gasteiger partial charge on any atom is -0.480 e. The predicted molar refractivity (Wildman–Crippen MR) is 93.7 cm³/mol. The first kappa shape index (κ1) is 17.5. The lowest BCUT2D eigenvalue weighted by atomic mass is 9.75. The molecule has 24 heavy (non-hydrogen) atoms. The van der Waals surface area contributed by atoms with Gasteiger partial charge in [-0.1, -0.05) is 66.7 Å². The van der Waals surface area contributed by atoms with Crippen LogP contribution in [-0.4, -0.2) is 23.0 Å². The van der Waals surface area contributed by atoms with Crippen LogP contribution in [0.25, 0.3) is 0 Å². The highest BCUT2D eigenvalue weighted by Gasteiger charge is 2.38. The van der Waals surface area contributed by atoms with Crippen LogP contribution in [-0.2, 0) is 15.0 Å². The largest absolute Gasteiger partial charge is 0.480 e. The van der Waals surface area contributed by atoms with Gasteiger partial charge in [-0.05, 0) is 24.5 Å². The van der Waals surface area contributed by atoms with Crippen molar-refractivity contribution in [2.24, 2.45) is 0 Å². The lowest BCUT2D eigenvalue weighted by molar-refractivity contribution is -0.142. The summed E-state index contributed by atoms with van der Waals surface area (Å²) in [6.07, 6.45) is 1.65. The fraction of sp³-hybridized carbons (Fsp3) is 0.200. The van der Waals surface area contributed by atoms with Crippen LogP contribution < -0.4 is 5.32 Å². The molecular weight excluding hydrogens is 302 g/mol. The maximum atomic E-state index is 13.0. The Morgan fingerprint density at radius 3 is 1.92 bits per heavy atom. The average Bonchev–Trinajstić information content (AvgIpc) is 2.62. The fourth-order valence-electron chi connectivity index (χ4n) is 2.66. The molecule has 1 amide bonds. The molecule has 0 fully saturated rings. The van der Waals surface area contributed by atoms with Crippen LogP contribution in [0.15, 0.2) is 73.3 Å². The molecule has 0 radical (unpaired) electrons. The number of carbonyl (C=O) groups excluding carboxylic acids is 1. The number of amides is 1. The average molecular weight is 323 g/mol. The van der Waals surface area contributed by atoms with E-state index in [-0.39, 0.29) is 12.3 Å². The van der Waals surface area contributed by atoms with Gasteiger partial charge in [-0.2, -0.15) is 0 Å². The summed E-state index contributed by atoms with van der Waals surface area (Å²) in [5, 5.41) is 11.9. The third-order valence-corrected chi connectivity index (χ3v) is 4.16. The van der Waals surface area contributed by atoms with Crippen molar-refractivity contribution in [2.75, 3.05) is 0 Å². The molecule has 4 heteroatoms. The summed E-state index contributed by atoms with van der Waals surface area (Å²) in [4.78, 5) is 24.4. The Labute approximate surface area is 141 Å². The van der Waals surface area contributed by atoms with Crippen LogP contribution in [0.2, 0.25) is 0 Å². The number of aliphatic carboxylic acids is 1. The van der Waals surface area contributed by atoms with Crippen LogP contribution in [0.4, 0.5) is 0 Å². The second-order valence-corrected chi connectivity index (χ2v) is 5.75. The van der Waals surface area contributed by atoms with Crippen molar-refractivity contribution in [3.8, 4) is 0 Å². The van der Waals surface area contributed by atoms with Gasteiger partial charge >= 0.3 is 5.97 Å². The highest BCUT2D eigenvalue weighted by molar-refractivity contribution is 5.94. The van der Waals surface area contributed by atoms with Gasteiger partial charge in [-0.3, -0.25) is 4.79 Å². The third-order valence-electron chi connectivity index (χ3n) is 4.16. The zero-order valence-electron chi connectivity index (χ0n) is 13.6. The first-order valence-corrected chi connectivity index (χ1v) is 7.76. The number of carboxylic acid groups (broad SMARTS) is 1. The van der Waals surface area contributed by atoms with Crippen molar-refractivity contribution >= 4 is 11.9 Å². The summed E-state index contributed by atoms with van der Waals surface area (Å²) in [6, 6.07) is 17.7. The van der Waals surface area contributed by atoms with E-state index in [1.165, 1.54) is 6.08 Å². The van der Waals surface area contributed by atoms with Gasteiger partial charge < -0.3 is 10.4 Å². The zero-order chi connectivity index (χ0) is 17.6. The van der Waals surface area contributed by atoms with Crippen molar-refractivity contribution in [3.05, 3.63) is 84.4 Å². The van der Waals surface area contributed by atoms with Crippen LogP contribution in [0.3, 0.4) is 0 Å². The molecule has 0 heterocycles. The molecular formula is C20H21NO3. The summed E-state index contributed by atoms with van der Waals surface area (Å²) in [6.45, 7) is 5.36. The number of hydrogen-bond acceptors (Lipinski definition) is 2. The number of carbonyl (C=O) groups is 2. The van der Waals surface area contributed by atoms with Gasteiger partial charge in [0.05, 0.1) is 5.41 Å². The van der Waals surface area contributed by atoms with Gasteiger partial charge in [0, 0.05) is 0 Å². The Bertz CT molecular complexity index is 671. The molecule has 2 aromatic carbocycles. The molecule has 0 aliphatic rings. The van der Waals surface area contributed by atoms with Crippen LogP contribution >= 0.6 is 0 Å². The molecule has 0 saturated heterocycles. The van der Waals surface area contributed by atoms with Crippen LogP contribution in [0.1, 0.15) is 24.5 Å². The van der Waals surface area contributed by atoms with Crippen molar-refractivity contribution in [1.29, 1.82) is 0 Å². The molecule has 4 nitrogen and oxygen atoms in total. The number of benzene rings is 2. The topological polar surface area (TPSA) is 66.4 Å². The van der Waals surface area contributed by atoms with Crippen LogP contribution in [0, 0.1) is 0 Å². The summed E-state index contributed by atoms with van der Waals surface area (Å²) >= 11 is 0. The highest BCUT2D eigenvalue weighted by atomic mass is 16.4. The van der Waals surface area contributed by atoms with E-state index in [0.29, 0.717) is 0 Å². The van der Waals surface area contributed by atoms with Gasteiger partial charge in [0.15, 0.2) is 0 Å². The minimum absolute atomic E-state index is 0.167. The van der Waals surface area contributed by atoms with Crippen LogP contribution in [0.5, 0.6) is 0 Å². The number of carboxylic acids is 1. The molecule has 0 saturated carbocycles. The molecule has 0 bridgehead atoms. The SMILES string of the molecule is C=CC[C@H](NC(=O)C(C)(c1ccccc1)c1ccccc1)C(=O)O. The van der Waals surface area contributed by atoms with Crippen molar-refractivity contribution < 1.29 is 14.7 Å². The molecule has 0 spiro atoms. The normalized spacial score (nSPS) is 12.2. The van der Waals surface area contributed by atoms with Crippen molar-refractivity contribution in [3.63, 3.8) is 0 Å². The van der Waals surface area contributed by atoms with Gasteiger partial charge in [-0.15, -0.1) is 6.58 Å². The fourth-order valence-corrected chi connectivity index (χ4v) is 2.66. The summed E-state index contributed by atoms with van der Waals surface area (Å²) in [5.74, 6) is -1.43. The van der Waals surface area contributed by atoms with E-state index in [4.69, 9.17) is 0 Å². The maximum absolute atomic E-state index is 13.0. The molecule has 0 unspecified atom stereocenters. The van der Waals surface area contributed by atoms with Gasteiger partial charge in [-0.25, -0.2) is 4.79 Å². The monoisotopic (exact) mass is 323 g/mol. The summed E-state index contributed by atoms with van der Waals surface area (Å²) in [5.41, 5.74) is 0.616. The zero-order valence-corrected chi connectivity index (χ0v) is 13.6. The molecule has 0 aliphatic heterocycles. The van der Waals surface area contributed by atoms with E-state index in [1.54, 1.807) is 6.92 Å². The summed E-state index contributed by atoms with van der Waals surface area (Å²) in [7, 11) is 0. The van der Waals surface area contributed by atoms with Crippen molar-refractivity contribution in [2.45, 2.75) is 24.8 Å². The van der Waals surface area contributed by atoms with E-state index in [1.807, 2.05) is 60.7 Å². The van der Waals surface area contributed by atoms with E-state index >= 15 is 0 Å². The maximum Gasteiger partial charge on any atom is 0.326 e. The first-order chi connectivity index (χ1) is 11.5. The number of rotatable bonds is 7. The lowest BCUT2D eigenvalue weighted by Crippen LogP contribution is -2.49. The molecule has 0 aliphatic carbocycles. The van der Waals surface area contributed by atoms with E-state index in [0.717, 1.165) is 11.1 Å². The molecule has 1 atom stereocenters. The quantitative estimate of drug-likeness (QED) is 0.769. The second kappa shape index (κ2) is 7.59. The number of hydrogen-bond donors (Lipinski definition) is 2. The van der Waals surface area contributed by atoms with E-state index < -0.39 is 17.4 Å². The first-order valence-electron chi connectivity index (χ1n) is 7.76. The Kier molecular flexibility index (Phi) is 5.53. The molecule has 124 valence electrons. The lowest BCUT2D eigenvalue weighted by Gasteiger charge is -2.31. The molecule has 2 rings (SSSR count). The number of nitrogens with one attached hydrogen (secondary N) is 1. The van der Waals surface area contributed by atoms with Crippen molar-refractivity contribution in [1.82, 2.24) is 5.32 Å².